The summed E-state index contributed by atoms with van der Waals surface area (Å²) in [6.45, 7) is 3.21. The Balaban J connectivity index is 1.71. The van der Waals surface area contributed by atoms with Gasteiger partial charge in [-0.05, 0) is 31.9 Å². The van der Waals surface area contributed by atoms with Gasteiger partial charge in [0, 0.05) is 18.3 Å². The zero-order valence-electron chi connectivity index (χ0n) is 15.4. The van der Waals surface area contributed by atoms with Gasteiger partial charge in [-0.3, -0.25) is 4.79 Å². The van der Waals surface area contributed by atoms with Crippen molar-refractivity contribution in [1.82, 2.24) is 24.9 Å². The maximum Gasteiger partial charge on any atom is 0.256 e. The van der Waals surface area contributed by atoms with E-state index in [4.69, 9.17) is 9.72 Å². The van der Waals surface area contributed by atoms with Crippen LogP contribution in [0.4, 0.5) is 10.2 Å². The standard InChI is InChI=1S/C19H19FN6O2/c1-2-25-15-3-7-26-16(24-15)13(11-23-26)17(27)21-6-8-28-18-14(19(25)4-5-19)9-12(20)10-22-18/h3,7,9-11H,2,4-6,8H2,1H3,(H,21,27). The molecule has 5 rings (SSSR count). The van der Waals surface area contributed by atoms with Gasteiger partial charge in [0.1, 0.15) is 23.8 Å². The molecule has 1 spiro atoms. The van der Waals surface area contributed by atoms with Crippen LogP contribution in [0.2, 0.25) is 0 Å². The molecule has 3 aromatic heterocycles. The number of fused-ring (bicyclic) bond motifs is 3. The Morgan fingerprint density at radius 3 is 3.00 bits per heavy atom. The predicted octanol–water partition coefficient (Wildman–Crippen LogP) is 1.90. The summed E-state index contributed by atoms with van der Waals surface area (Å²) in [6, 6.07) is 3.36. The number of hydrogen-bond donors (Lipinski definition) is 1. The van der Waals surface area contributed by atoms with Gasteiger partial charge >= 0.3 is 0 Å². The molecule has 1 aliphatic heterocycles. The third kappa shape index (κ3) is 2.49. The van der Waals surface area contributed by atoms with Gasteiger partial charge in [-0.1, -0.05) is 0 Å². The Morgan fingerprint density at radius 1 is 1.36 bits per heavy atom. The topological polar surface area (TPSA) is 84.7 Å². The van der Waals surface area contributed by atoms with E-state index >= 15 is 0 Å². The largest absolute Gasteiger partial charge is 0.476 e. The third-order valence-corrected chi connectivity index (χ3v) is 5.38. The summed E-state index contributed by atoms with van der Waals surface area (Å²) in [6.07, 6.45) is 6.15. The average Bonchev–Trinajstić information content (AvgIpc) is 3.37. The van der Waals surface area contributed by atoms with Crippen LogP contribution < -0.4 is 15.0 Å². The normalized spacial score (nSPS) is 18.1. The lowest BCUT2D eigenvalue weighted by Crippen LogP contribution is -2.36. The minimum atomic E-state index is -0.420. The van der Waals surface area contributed by atoms with Crippen LogP contribution in [0.25, 0.3) is 5.65 Å². The van der Waals surface area contributed by atoms with Gasteiger partial charge in [-0.15, -0.1) is 0 Å². The van der Waals surface area contributed by atoms with Gasteiger partial charge in [0.15, 0.2) is 5.65 Å². The van der Waals surface area contributed by atoms with Crippen LogP contribution in [-0.4, -0.2) is 45.2 Å². The van der Waals surface area contributed by atoms with E-state index in [0.717, 1.165) is 24.6 Å². The van der Waals surface area contributed by atoms with Crippen LogP contribution >= 0.6 is 0 Å². The number of ether oxygens (including phenoxy) is 1. The number of nitrogens with one attached hydrogen (secondary N) is 1. The molecule has 3 aromatic rings. The van der Waals surface area contributed by atoms with Crippen LogP contribution in [0.1, 0.15) is 35.7 Å². The van der Waals surface area contributed by atoms with Crippen molar-refractivity contribution in [2.45, 2.75) is 25.3 Å². The number of carbonyl (C=O) groups excluding carboxylic acids is 1. The molecule has 1 aliphatic carbocycles. The number of hydrogen-bond acceptors (Lipinski definition) is 6. The molecule has 0 saturated heterocycles. The third-order valence-electron chi connectivity index (χ3n) is 5.38. The highest BCUT2D eigenvalue weighted by Crippen LogP contribution is 2.54. The first-order chi connectivity index (χ1) is 13.6. The molecular formula is C19H19FN6O2. The molecule has 0 aromatic carbocycles. The van der Waals surface area contributed by atoms with E-state index < -0.39 is 11.4 Å². The van der Waals surface area contributed by atoms with Gasteiger partial charge in [0.25, 0.3) is 5.91 Å². The first kappa shape index (κ1) is 16.9. The molecule has 1 saturated carbocycles. The van der Waals surface area contributed by atoms with Gasteiger partial charge in [0.2, 0.25) is 5.88 Å². The van der Waals surface area contributed by atoms with Crippen molar-refractivity contribution in [3.63, 3.8) is 0 Å². The van der Waals surface area contributed by atoms with E-state index in [1.54, 1.807) is 10.7 Å². The molecule has 9 heteroatoms. The number of rotatable bonds is 1. The summed E-state index contributed by atoms with van der Waals surface area (Å²) in [4.78, 5) is 23.6. The van der Waals surface area contributed by atoms with Gasteiger partial charge in [0.05, 0.1) is 24.5 Å². The first-order valence-electron chi connectivity index (χ1n) is 9.31. The summed E-state index contributed by atoms with van der Waals surface area (Å²) in [7, 11) is 0. The van der Waals surface area contributed by atoms with Crippen molar-refractivity contribution < 1.29 is 13.9 Å². The van der Waals surface area contributed by atoms with Crippen LogP contribution in [-0.2, 0) is 5.54 Å². The molecule has 0 radical (unpaired) electrons. The van der Waals surface area contributed by atoms with E-state index in [1.165, 1.54) is 12.3 Å². The molecule has 2 bridgehead atoms. The zero-order chi connectivity index (χ0) is 19.3. The van der Waals surface area contributed by atoms with Crippen molar-refractivity contribution >= 4 is 17.4 Å². The number of anilines is 1. The molecule has 1 N–H and O–H groups in total. The summed E-state index contributed by atoms with van der Waals surface area (Å²) >= 11 is 0. The maximum absolute atomic E-state index is 14.1. The molecule has 1 amide bonds. The molecule has 2 aliphatic rings. The second kappa shape index (κ2) is 6.15. The number of amides is 1. The smallest absolute Gasteiger partial charge is 0.256 e. The lowest BCUT2D eigenvalue weighted by atomic mass is 10.0. The number of aromatic nitrogens is 4. The Bertz CT molecular complexity index is 1080. The quantitative estimate of drug-likeness (QED) is 0.692. The lowest BCUT2D eigenvalue weighted by molar-refractivity contribution is 0.0948. The van der Waals surface area contributed by atoms with Crippen LogP contribution in [0.3, 0.4) is 0 Å². The molecule has 28 heavy (non-hydrogen) atoms. The number of nitrogens with zero attached hydrogens (tertiary/aromatic N) is 5. The Hall–Kier alpha value is -3.23. The minimum Gasteiger partial charge on any atom is -0.476 e. The van der Waals surface area contributed by atoms with Crippen LogP contribution in [0, 0.1) is 5.82 Å². The molecule has 8 nitrogen and oxygen atoms in total. The van der Waals surface area contributed by atoms with Crippen molar-refractivity contribution in [3.8, 4) is 5.88 Å². The van der Waals surface area contributed by atoms with Crippen molar-refractivity contribution in [2.24, 2.45) is 0 Å². The fourth-order valence-electron chi connectivity index (χ4n) is 3.94. The fraction of sp³-hybridized carbons (Fsp3) is 0.368. The second-order valence-corrected chi connectivity index (χ2v) is 7.00. The lowest BCUT2D eigenvalue weighted by Gasteiger charge is -2.33. The minimum absolute atomic E-state index is 0.231. The molecule has 144 valence electrons. The van der Waals surface area contributed by atoms with E-state index in [9.17, 15) is 9.18 Å². The maximum atomic E-state index is 14.1. The Labute approximate surface area is 160 Å². The SMILES string of the molecule is CCN1c2ccn3ncc(c3n2)C(=O)NCCOc2ncc(F)cc2C12CC2. The van der Waals surface area contributed by atoms with Crippen molar-refractivity contribution in [2.75, 3.05) is 24.6 Å². The molecule has 0 unspecified atom stereocenters. The predicted molar refractivity (Wildman–Crippen MR) is 98.9 cm³/mol. The van der Waals surface area contributed by atoms with Gasteiger partial charge in [-0.2, -0.15) is 5.10 Å². The Morgan fingerprint density at radius 2 is 2.21 bits per heavy atom. The highest BCUT2D eigenvalue weighted by Gasteiger charge is 2.52. The van der Waals surface area contributed by atoms with E-state index in [1.807, 2.05) is 13.0 Å². The molecular weight excluding hydrogens is 363 g/mol. The van der Waals surface area contributed by atoms with Gasteiger partial charge in [-0.25, -0.2) is 18.9 Å². The van der Waals surface area contributed by atoms with Crippen LogP contribution in [0.15, 0.2) is 30.7 Å². The zero-order valence-corrected chi connectivity index (χ0v) is 15.4. The Kier molecular flexibility index (Phi) is 3.71. The van der Waals surface area contributed by atoms with Crippen LogP contribution in [0.5, 0.6) is 5.88 Å². The number of halogens is 1. The van der Waals surface area contributed by atoms with E-state index in [0.29, 0.717) is 36.0 Å². The number of carbonyl (C=O) groups is 1. The van der Waals surface area contributed by atoms with Gasteiger partial charge < -0.3 is 15.0 Å². The average molecular weight is 382 g/mol. The fourth-order valence-corrected chi connectivity index (χ4v) is 3.94. The van der Waals surface area contributed by atoms with Crippen molar-refractivity contribution in [1.29, 1.82) is 0 Å². The van der Waals surface area contributed by atoms with E-state index in [-0.39, 0.29) is 12.5 Å². The summed E-state index contributed by atoms with van der Waals surface area (Å²) < 4.78 is 21.5. The first-order valence-corrected chi connectivity index (χ1v) is 9.31. The van der Waals surface area contributed by atoms with Crippen molar-refractivity contribution in [3.05, 3.63) is 47.7 Å². The molecule has 4 heterocycles. The van der Waals surface area contributed by atoms with E-state index in [2.05, 4.69) is 20.3 Å². The second-order valence-electron chi connectivity index (χ2n) is 7.00. The molecule has 1 fully saturated rings. The summed E-state index contributed by atoms with van der Waals surface area (Å²) in [5.74, 6) is 0.439. The highest BCUT2D eigenvalue weighted by molar-refractivity contribution is 5.99. The highest BCUT2D eigenvalue weighted by atomic mass is 19.1. The monoisotopic (exact) mass is 382 g/mol. The summed E-state index contributed by atoms with van der Waals surface area (Å²) in [5.41, 5.74) is 1.19. The molecule has 0 atom stereocenters. The summed E-state index contributed by atoms with van der Waals surface area (Å²) in [5, 5.41) is 7.02. The number of pyridine rings is 1.